The molecule has 0 amide bonds. The number of rotatable bonds is 1. The second-order valence-electron chi connectivity index (χ2n) is 4.30. The van der Waals surface area contributed by atoms with Crippen molar-refractivity contribution in [2.45, 2.75) is 23.5 Å². The lowest BCUT2D eigenvalue weighted by Crippen LogP contribution is -2.30. The van der Waals surface area contributed by atoms with Crippen LogP contribution in [0.25, 0.3) is 0 Å². The topological polar surface area (TPSA) is 37.3 Å². The van der Waals surface area contributed by atoms with Gasteiger partial charge in [0.05, 0.1) is 5.60 Å². The van der Waals surface area contributed by atoms with Gasteiger partial charge < -0.3 is 9.67 Å². The van der Waals surface area contributed by atoms with Crippen LogP contribution < -0.4 is 5.30 Å². The maximum Gasteiger partial charge on any atom is 0.131 e. The molecule has 15 heavy (non-hydrogen) atoms. The molecule has 0 spiro atoms. The molecule has 1 aliphatic heterocycles. The van der Waals surface area contributed by atoms with E-state index in [1.807, 2.05) is 30.3 Å². The van der Waals surface area contributed by atoms with E-state index in [0.29, 0.717) is 12.6 Å². The highest BCUT2D eigenvalue weighted by atomic mass is 79.9. The van der Waals surface area contributed by atoms with E-state index in [-0.39, 0.29) is 4.57 Å². The molecule has 0 radical (unpaired) electrons. The maximum atomic E-state index is 12.8. The minimum atomic E-state index is -2.47. The molecule has 3 unspecified atom stereocenters. The predicted molar refractivity (Wildman–Crippen MR) is 66.5 cm³/mol. The molecule has 0 aliphatic carbocycles. The molecule has 1 aliphatic rings. The van der Waals surface area contributed by atoms with Gasteiger partial charge >= 0.3 is 0 Å². The second kappa shape index (κ2) is 3.73. The number of aliphatic hydroxyl groups is 1. The van der Waals surface area contributed by atoms with E-state index in [0.717, 1.165) is 5.30 Å². The molecule has 4 heteroatoms. The molecule has 0 aromatic heterocycles. The standard InChI is InChI=1S/C11H14BrO2P/c1-11(13)7-8-15(14,10(11)12)9-5-3-2-4-6-9/h2-6,10,13H,7-8H2,1H3. The van der Waals surface area contributed by atoms with Gasteiger partial charge in [0, 0.05) is 11.5 Å². The zero-order chi connectivity index (χ0) is 11.1. The van der Waals surface area contributed by atoms with Crippen LogP contribution in [0.15, 0.2) is 30.3 Å². The average Bonchev–Trinajstić information content (AvgIpc) is 2.45. The first kappa shape index (κ1) is 11.4. The predicted octanol–water partition coefficient (Wildman–Crippen LogP) is 2.55. The Morgan fingerprint density at radius 1 is 1.47 bits per heavy atom. The molecular formula is C11H14BrO2P. The lowest BCUT2D eigenvalue weighted by Gasteiger charge is -2.24. The van der Waals surface area contributed by atoms with E-state index in [2.05, 4.69) is 15.9 Å². The van der Waals surface area contributed by atoms with Crippen LogP contribution in [0, 0.1) is 0 Å². The van der Waals surface area contributed by atoms with Crippen molar-refractivity contribution in [1.82, 2.24) is 0 Å². The van der Waals surface area contributed by atoms with Crippen LogP contribution in [-0.2, 0) is 4.57 Å². The number of hydrogen-bond acceptors (Lipinski definition) is 2. The van der Waals surface area contributed by atoms with Gasteiger partial charge in [0.25, 0.3) is 0 Å². The molecule has 1 saturated heterocycles. The fraction of sp³-hybridized carbons (Fsp3) is 0.455. The lowest BCUT2D eigenvalue weighted by atomic mass is 10.1. The minimum absolute atomic E-state index is 0.320. The number of alkyl halides is 1. The summed E-state index contributed by atoms with van der Waals surface area (Å²) in [6.45, 7) is 1.75. The van der Waals surface area contributed by atoms with Crippen molar-refractivity contribution in [3.63, 3.8) is 0 Å². The van der Waals surface area contributed by atoms with Gasteiger partial charge in [-0.25, -0.2) is 0 Å². The Balaban J connectivity index is 2.42. The summed E-state index contributed by atoms with van der Waals surface area (Å²) < 4.78 is 12.4. The van der Waals surface area contributed by atoms with Gasteiger partial charge in [-0.2, -0.15) is 0 Å². The maximum absolute atomic E-state index is 12.8. The summed E-state index contributed by atoms with van der Waals surface area (Å²) in [6, 6.07) is 9.46. The summed E-state index contributed by atoms with van der Waals surface area (Å²) >= 11 is 3.41. The first-order valence-electron chi connectivity index (χ1n) is 4.98. The van der Waals surface area contributed by atoms with E-state index in [1.165, 1.54) is 0 Å². The molecule has 1 heterocycles. The van der Waals surface area contributed by atoms with Crippen LogP contribution in [-0.4, -0.2) is 21.4 Å². The van der Waals surface area contributed by atoms with Crippen molar-refractivity contribution in [3.05, 3.63) is 30.3 Å². The zero-order valence-electron chi connectivity index (χ0n) is 8.56. The van der Waals surface area contributed by atoms with Crippen LogP contribution in [0.5, 0.6) is 0 Å². The number of benzene rings is 1. The number of hydrogen-bond donors (Lipinski definition) is 1. The zero-order valence-corrected chi connectivity index (χ0v) is 11.0. The van der Waals surface area contributed by atoms with Crippen LogP contribution >= 0.6 is 23.1 Å². The first-order valence-corrected chi connectivity index (χ1v) is 7.85. The normalized spacial score (nSPS) is 40.6. The van der Waals surface area contributed by atoms with Crippen molar-refractivity contribution in [2.75, 3.05) is 6.16 Å². The van der Waals surface area contributed by atoms with E-state index in [9.17, 15) is 9.67 Å². The summed E-state index contributed by atoms with van der Waals surface area (Å²) in [7, 11) is -2.47. The monoisotopic (exact) mass is 288 g/mol. The Bertz CT molecular complexity index is 402. The molecule has 82 valence electrons. The third-order valence-electron chi connectivity index (χ3n) is 3.02. The Hall–Kier alpha value is -0.110. The van der Waals surface area contributed by atoms with E-state index < -0.39 is 12.7 Å². The molecule has 1 aromatic carbocycles. The molecule has 1 N–H and O–H groups in total. The highest BCUT2D eigenvalue weighted by Crippen LogP contribution is 2.62. The summed E-state index contributed by atoms with van der Waals surface area (Å²) in [5, 5.41) is 10.9. The summed E-state index contributed by atoms with van der Waals surface area (Å²) in [6.07, 6.45) is 1.18. The highest BCUT2D eigenvalue weighted by Gasteiger charge is 2.50. The quantitative estimate of drug-likeness (QED) is 0.637. The molecule has 0 saturated carbocycles. The molecule has 1 aromatic rings. The SMILES string of the molecule is CC1(O)CCP(=O)(c2ccccc2)C1Br. The van der Waals surface area contributed by atoms with Gasteiger partial charge in [-0.1, -0.05) is 46.3 Å². The molecule has 0 bridgehead atoms. The molecule has 1 fully saturated rings. The smallest absolute Gasteiger partial charge is 0.131 e. The van der Waals surface area contributed by atoms with Gasteiger partial charge in [-0.3, -0.25) is 0 Å². The van der Waals surface area contributed by atoms with Crippen LogP contribution in [0.3, 0.4) is 0 Å². The van der Waals surface area contributed by atoms with E-state index in [4.69, 9.17) is 0 Å². The fourth-order valence-electron chi connectivity index (χ4n) is 2.01. The Morgan fingerprint density at radius 2 is 2.07 bits per heavy atom. The average molecular weight is 289 g/mol. The van der Waals surface area contributed by atoms with Crippen molar-refractivity contribution < 1.29 is 9.67 Å². The Labute approximate surface area is 98.2 Å². The summed E-state index contributed by atoms with van der Waals surface area (Å²) in [5.41, 5.74) is -0.856. The third-order valence-corrected chi connectivity index (χ3v) is 9.34. The summed E-state index contributed by atoms with van der Waals surface area (Å²) in [4.78, 5) is 0. The van der Waals surface area contributed by atoms with Gasteiger partial charge in [-0.15, -0.1) is 0 Å². The lowest BCUT2D eigenvalue weighted by molar-refractivity contribution is 0.0820. The van der Waals surface area contributed by atoms with Crippen LogP contribution in [0.4, 0.5) is 0 Å². The van der Waals surface area contributed by atoms with Gasteiger partial charge in [0.2, 0.25) is 0 Å². The molecule has 2 nitrogen and oxygen atoms in total. The molecule has 2 rings (SSSR count). The fourth-order valence-corrected chi connectivity index (χ4v) is 6.80. The van der Waals surface area contributed by atoms with Crippen molar-refractivity contribution in [1.29, 1.82) is 0 Å². The van der Waals surface area contributed by atoms with Gasteiger partial charge in [0.15, 0.2) is 0 Å². The third kappa shape index (κ3) is 1.82. The van der Waals surface area contributed by atoms with Gasteiger partial charge in [-0.05, 0) is 13.3 Å². The van der Waals surface area contributed by atoms with Crippen molar-refractivity contribution in [3.8, 4) is 0 Å². The van der Waals surface area contributed by atoms with E-state index in [1.54, 1.807) is 6.92 Å². The Kier molecular flexibility index (Phi) is 2.83. The van der Waals surface area contributed by atoms with Crippen molar-refractivity contribution >= 4 is 28.4 Å². The van der Waals surface area contributed by atoms with E-state index >= 15 is 0 Å². The second-order valence-corrected chi connectivity index (χ2v) is 8.99. The minimum Gasteiger partial charge on any atom is -0.388 e. The Morgan fingerprint density at radius 3 is 2.53 bits per heavy atom. The van der Waals surface area contributed by atoms with Crippen LogP contribution in [0.2, 0.25) is 0 Å². The van der Waals surface area contributed by atoms with Crippen LogP contribution in [0.1, 0.15) is 13.3 Å². The van der Waals surface area contributed by atoms with Crippen molar-refractivity contribution in [2.24, 2.45) is 0 Å². The summed E-state index contributed by atoms with van der Waals surface area (Å²) in [5.74, 6) is 0. The molecule has 3 atom stereocenters. The first-order chi connectivity index (χ1) is 6.97. The number of halogens is 1. The largest absolute Gasteiger partial charge is 0.388 e. The van der Waals surface area contributed by atoms with Gasteiger partial charge in [0.1, 0.15) is 11.7 Å². The highest BCUT2D eigenvalue weighted by molar-refractivity contribution is 9.11. The molecular weight excluding hydrogens is 275 g/mol.